The summed E-state index contributed by atoms with van der Waals surface area (Å²) >= 11 is 0. The molecule has 86 valence electrons. The highest BCUT2D eigenvalue weighted by molar-refractivity contribution is 5.76. The van der Waals surface area contributed by atoms with Crippen LogP contribution in [0.1, 0.15) is 39.0 Å². The molecule has 1 saturated heterocycles. The molecule has 2 rings (SSSR count). The van der Waals surface area contributed by atoms with Gasteiger partial charge in [0.15, 0.2) is 0 Å². The Bertz CT molecular complexity index is 238. The third-order valence-electron chi connectivity index (χ3n) is 3.14. The fraction of sp³-hybridized carbons (Fsp3) is 0.909. The molecule has 0 aromatic carbocycles. The SMILES string of the molecule is CC(N)CCN1C(=O)CCCN1C1CC1. The summed E-state index contributed by atoms with van der Waals surface area (Å²) in [6.45, 7) is 3.85. The summed E-state index contributed by atoms with van der Waals surface area (Å²) in [6, 6.07) is 0.822. The number of carbonyl (C=O) groups excluding carboxylic acids is 1. The molecule has 2 fully saturated rings. The van der Waals surface area contributed by atoms with Gasteiger partial charge in [0.05, 0.1) is 0 Å². The summed E-state index contributed by atoms with van der Waals surface area (Å²) in [4.78, 5) is 11.8. The molecule has 1 aliphatic carbocycles. The molecule has 0 bridgehead atoms. The van der Waals surface area contributed by atoms with Crippen LogP contribution in [0.3, 0.4) is 0 Å². The molecule has 1 aliphatic heterocycles. The van der Waals surface area contributed by atoms with Crippen molar-refractivity contribution in [1.82, 2.24) is 10.0 Å². The number of hydrazine groups is 1. The molecule has 4 nitrogen and oxygen atoms in total. The van der Waals surface area contributed by atoms with E-state index in [4.69, 9.17) is 5.73 Å². The van der Waals surface area contributed by atoms with Crippen LogP contribution in [0.2, 0.25) is 0 Å². The topological polar surface area (TPSA) is 49.6 Å². The average Bonchev–Trinajstić information content (AvgIpc) is 2.98. The van der Waals surface area contributed by atoms with E-state index in [1.165, 1.54) is 12.8 Å². The van der Waals surface area contributed by atoms with Crippen molar-refractivity contribution in [3.8, 4) is 0 Å². The lowest BCUT2D eigenvalue weighted by Crippen LogP contribution is -2.52. The fourth-order valence-corrected chi connectivity index (χ4v) is 2.12. The molecule has 4 heteroatoms. The van der Waals surface area contributed by atoms with E-state index in [1.54, 1.807) is 0 Å². The highest BCUT2D eigenvalue weighted by Gasteiger charge is 2.36. The van der Waals surface area contributed by atoms with Crippen LogP contribution in [0.5, 0.6) is 0 Å². The quantitative estimate of drug-likeness (QED) is 0.745. The van der Waals surface area contributed by atoms with Crippen molar-refractivity contribution in [1.29, 1.82) is 0 Å². The van der Waals surface area contributed by atoms with E-state index < -0.39 is 0 Å². The molecule has 0 aromatic heterocycles. The van der Waals surface area contributed by atoms with Gasteiger partial charge in [0.1, 0.15) is 0 Å². The summed E-state index contributed by atoms with van der Waals surface area (Å²) < 4.78 is 0. The Morgan fingerprint density at radius 3 is 2.87 bits per heavy atom. The molecule has 15 heavy (non-hydrogen) atoms. The van der Waals surface area contributed by atoms with Crippen LogP contribution in [-0.4, -0.2) is 41.1 Å². The van der Waals surface area contributed by atoms with Crippen molar-refractivity contribution < 1.29 is 4.79 Å². The van der Waals surface area contributed by atoms with Gasteiger partial charge in [-0.2, -0.15) is 0 Å². The first kappa shape index (κ1) is 10.9. The van der Waals surface area contributed by atoms with Gasteiger partial charge in [-0.3, -0.25) is 9.80 Å². The molecular formula is C11H21N3O. The lowest BCUT2D eigenvalue weighted by atomic mass is 10.2. The van der Waals surface area contributed by atoms with Crippen LogP contribution in [0.25, 0.3) is 0 Å². The summed E-state index contributed by atoms with van der Waals surface area (Å²) in [5.74, 6) is 0.286. The molecule has 2 N–H and O–H groups in total. The smallest absolute Gasteiger partial charge is 0.236 e. The summed E-state index contributed by atoms with van der Waals surface area (Å²) in [6.07, 6.45) is 5.13. The standard InChI is InChI=1S/C11H21N3O/c1-9(12)6-8-14-11(15)3-2-7-13(14)10-4-5-10/h9-10H,2-8,12H2,1H3. The normalized spacial score (nSPS) is 25.7. The number of rotatable bonds is 4. The number of nitrogens with zero attached hydrogens (tertiary/aromatic N) is 2. The minimum absolute atomic E-state index is 0.181. The molecule has 1 atom stereocenters. The van der Waals surface area contributed by atoms with Gasteiger partial charge in [0.2, 0.25) is 5.91 Å². The van der Waals surface area contributed by atoms with Crippen molar-refractivity contribution in [2.24, 2.45) is 5.73 Å². The Hall–Kier alpha value is -0.610. The zero-order chi connectivity index (χ0) is 10.8. The van der Waals surface area contributed by atoms with Crippen molar-refractivity contribution in [2.45, 2.75) is 51.1 Å². The van der Waals surface area contributed by atoms with Crippen molar-refractivity contribution >= 4 is 5.91 Å². The summed E-state index contributed by atoms with van der Waals surface area (Å²) in [7, 11) is 0. The molecule has 1 amide bonds. The average molecular weight is 211 g/mol. The van der Waals surface area contributed by atoms with Crippen molar-refractivity contribution in [2.75, 3.05) is 13.1 Å². The number of carbonyl (C=O) groups is 1. The number of nitrogens with two attached hydrogens (primary N) is 1. The fourth-order valence-electron chi connectivity index (χ4n) is 2.12. The van der Waals surface area contributed by atoms with Gasteiger partial charge in [-0.25, -0.2) is 5.01 Å². The molecule has 0 radical (unpaired) electrons. The van der Waals surface area contributed by atoms with E-state index in [2.05, 4.69) is 5.01 Å². The largest absolute Gasteiger partial charge is 0.328 e. The predicted molar refractivity (Wildman–Crippen MR) is 58.9 cm³/mol. The van der Waals surface area contributed by atoms with Gasteiger partial charge < -0.3 is 5.73 Å². The first-order valence-electron chi connectivity index (χ1n) is 6.01. The summed E-state index contributed by atoms with van der Waals surface area (Å²) in [5, 5.41) is 4.22. The zero-order valence-electron chi connectivity index (χ0n) is 9.48. The minimum atomic E-state index is 0.181. The van der Waals surface area contributed by atoms with E-state index in [-0.39, 0.29) is 11.9 Å². The second-order valence-electron chi connectivity index (χ2n) is 4.78. The maximum absolute atomic E-state index is 11.8. The van der Waals surface area contributed by atoms with Crippen molar-refractivity contribution in [3.05, 3.63) is 0 Å². The summed E-state index contributed by atoms with van der Waals surface area (Å²) in [5.41, 5.74) is 5.74. The van der Waals surface area contributed by atoms with Gasteiger partial charge in [-0.05, 0) is 32.6 Å². The van der Waals surface area contributed by atoms with Crippen LogP contribution in [0, 0.1) is 0 Å². The number of amides is 1. The lowest BCUT2D eigenvalue weighted by Gasteiger charge is -2.39. The maximum atomic E-state index is 11.8. The monoisotopic (exact) mass is 211 g/mol. The third-order valence-corrected chi connectivity index (χ3v) is 3.14. The van der Waals surface area contributed by atoms with Gasteiger partial charge in [0, 0.05) is 31.6 Å². The maximum Gasteiger partial charge on any atom is 0.236 e. The number of hydrogen-bond donors (Lipinski definition) is 1. The predicted octanol–water partition coefficient (Wildman–Crippen LogP) is 0.725. The lowest BCUT2D eigenvalue weighted by molar-refractivity contribution is -0.157. The Kier molecular flexibility index (Phi) is 3.26. The first-order valence-corrected chi connectivity index (χ1v) is 6.01. The van der Waals surface area contributed by atoms with E-state index >= 15 is 0 Å². The molecule has 1 heterocycles. The minimum Gasteiger partial charge on any atom is -0.328 e. The van der Waals surface area contributed by atoms with Gasteiger partial charge in [-0.1, -0.05) is 0 Å². The zero-order valence-corrected chi connectivity index (χ0v) is 9.48. The van der Waals surface area contributed by atoms with E-state index in [0.29, 0.717) is 12.5 Å². The van der Waals surface area contributed by atoms with E-state index in [0.717, 1.165) is 25.9 Å². The third kappa shape index (κ3) is 2.69. The molecule has 1 unspecified atom stereocenters. The second kappa shape index (κ2) is 4.49. The van der Waals surface area contributed by atoms with Crippen LogP contribution >= 0.6 is 0 Å². The van der Waals surface area contributed by atoms with Gasteiger partial charge in [-0.15, -0.1) is 0 Å². The number of hydrogen-bond acceptors (Lipinski definition) is 3. The van der Waals surface area contributed by atoms with E-state index in [1.807, 2.05) is 11.9 Å². The van der Waals surface area contributed by atoms with Gasteiger partial charge >= 0.3 is 0 Å². The second-order valence-corrected chi connectivity index (χ2v) is 4.78. The highest BCUT2D eigenvalue weighted by Crippen LogP contribution is 2.30. The van der Waals surface area contributed by atoms with Crippen LogP contribution in [0.4, 0.5) is 0 Å². The molecule has 2 aliphatic rings. The molecular weight excluding hydrogens is 190 g/mol. The Morgan fingerprint density at radius 2 is 2.27 bits per heavy atom. The molecule has 0 aromatic rings. The van der Waals surface area contributed by atoms with Crippen LogP contribution in [-0.2, 0) is 4.79 Å². The molecule has 0 spiro atoms. The van der Waals surface area contributed by atoms with Crippen LogP contribution in [0.15, 0.2) is 0 Å². The van der Waals surface area contributed by atoms with Gasteiger partial charge in [0.25, 0.3) is 0 Å². The Morgan fingerprint density at radius 1 is 1.53 bits per heavy atom. The van der Waals surface area contributed by atoms with E-state index in [9.17, 15) is 4.79 Å². The first-order chi connectivity index (χ1) is 7.18. The molecule has 1 saturated carbocycles. The van der Waals surface area contributed by atoms with Crippen LogP contribution < -0.4 is 5.73 Å². The Labute approximate surface area is 91.4 Å². The Balaban J connectivity index is 1.92. The highest BCUT2D eigenvalue weighted by atomic mass is 16.2. The van der Waals surface area contributed by atoms with Crippen molar-refractivity contribution in [3.63, 3.8) is 0 Å².